The van der Waals surface area contributed by atoms with E-state index in [1.54, 1.807) is 6.07 Å². The monoisotopic (exact) mass is 321 g/mol. The van der Waals surface area contributed by atoms with Gasteiger partial charge >= 0.3 is 12.1 Å². The van der Waals surface area contributed by atoms with Crippen molar-refractivity contribution >= 4 is 12.0 Å². The molecule has 0 unspecified atom stereocenters. The quantitative estimate of drug-likeness (QED) is 0.486. The highest BCUT2D eigenvalue weighted by atomic mass is 19.4. The Balaban J connectivity index is 2.35. The number of rotatable bonds is 3. The minimum atomic E-state index is -4.45. The van der Waals surface area contributed by atoms with E-state index >= 15 is 0 Å². The molecule has 0 aliphatic heterocycles. The summed E-state index contributed by atoms with van der Waals surface area (Å²) in [5, 5.41) is 8.85. The van der Waals surface area contributed by atoms with Crippen molar-refractivity contribution in [3.05, 3.63) is 53.3 Å². The molecule has 118 valence electrons. The average molecular weight is 321 g/mol. The number of furan rings is 1. The molecule has 0 N–H and O–H groups in total. The molecule has 0 bridgehead atoms. The molecule has 1 heterocycles. The minimum absolute atomic E-state index is 0.152. The molecule has 0 atom stereocenters. The molecule has 1 aromatic heterocycles. The van der Waals surface area contributed by atoms with Crippen molar-refractivity contribution in [1.82, 2.24) is 0 Å². The molecule has 1 aromatic carbocycles. The number of carbonyl (C=O) groups is 1. The van der Waals surface area contributed by atoms with Crippen LogP contribution in [-0.4, -0.2) is 13.1 Å². The lowest BCUT2D eigenvalue weighted by atomic mass is 10.1. The fourth-order valence-electron chi connectivity index (χ4n) is 1.82. The number of carbonyl (C=O) groups excluding carboxylic acids is 1. The summed E-state index contributed by atoms with van der Waals surface area (Å²) in [7, 11) is 1.13. The van der Waals surface area contributed by atoms with Crippen molar-refractivity contribution in [2.75, 3.05) is 7.11 Å². The van der Waals surface area contributed by atoms with Crippen LogP contribution in [0.15, 0.2) is 46.4 Å². The number of benzene rings is 1. The van der Waals surface area contributed by atoms with Crippen LogP contribution < -0.4 is 0 Å². The third kappa shape index (κ3) is 3.80. The van der Waals surface area contributed by atoms with E-state index in [0.717, 1.165) is 25.3 Å². The van der Waals surface area contributed by atoms with E-state index in [2.05, 4.69) is 4.74 Å². The number of nitrogens with zero attached hydrogens (tertiary/aromatic N) is 1. The van der Waals surface area contributed by atoms with Crippen molar-refractivity contribution in [3.63, 3.8) is 0 Å². The fourth-order valence-corrected chi connectivity index (χ4v) is 1.82. The van der Waals surface area contributed by atoms with Crippen molar-refractivity contribution in [2.24, 2.45) is 0 Å². The lowest BCUT2D eigenvalue weighted by Gasteiger charge is -2.07. The average Bonchev–Trinajstić information content (AvgIpc) is 3.00. The molecule has 7 heteroatoms. The van der Waals surface area contributed by atoms with Gasteiger partial charge in [-0.15, -0.1) is 0 Å². The van der Waals surface area contributed by atoms with Gasteiger partial charge in [-0.05, 0) is 24.3 Å². The van der Waals surface area contributed by atoms with E-state index in [4.69, 9.17) is 9.68 Å². The second kappa shape index (κ2) is 6.40. The molecule has 0 saturated carbocycles. The van der Waals surface area contributed by atoms with Crippen molar-refractivity contribution in [1.29, 1.82) is 5.26 Å². The molecule has 0 spiro atoms. The second-order valence-electron chi connectivity index (χ2n) is 4.44. The van der Waals surface area contributed by atoms with Crippen LogP contribution in [0, 0.1) is 11.3 Å². The zero-order valence-electron chi connectivity index (χ0n) is 11.8. The summed E-state index contributed by atoms with van der Waals surface area (Å²) in [4.78, 5) is 11.3. The first-order valence-electron chi connectivity index (χ1n) is 6.32. The standard InChI is InChI=1S/C16H10F3NO3/c1-22-15(21)11(9-20)8-13-5-6-14(23-13)10-3-2-4-12(7-10)16(17,18)19/h2-8H,1H3/b11-8-. The molecule has 0 aliphatic rings. The Labute approximate surface area is 129 Å². The summed E-state index contributed by atoms with van der Waals surface area (Å²) in [6.45, 7) is 0. The van der Waals surface area contributed by atoms with Gasteiger partial charge in [0.1, 0.15) is 23.2 Å². The number of alkyl halides is 3. The van der Waals surface area contributed by atoms with Gasteiger partial charge in [-0.25, -0.2) is 4.79 Å². The predicted octanol–water partition coefficient (Wildman–Crippen LogP) is 4.05. The van der Waals surface area contributed by atoms with Gasteiger partial charge in [0.15, 0.2) is 0 Å². The third-order valence-electron chi connectivity index (χ3n) is 2.91. The predicted molar refractivity (Wildman–Crippen MR) is 74.8 cm³/mol. The zero-order chi connectivity index (χ0) is 17.0. The molecular weight excluding hydrogens is 311 g/mol. The van der Waals surface area contributed by atoms with Crippen LogP contribution in [0.25, 0.3) is 17.4 Å². The first-order chi connectivity index (χ1) is 10.8. The molecule has 0 fully saturated rings. The number of ether oxygens (including phenoxy) is 1. The van der Waals surface area contributed by atoms with Crippen molar-refractivity contribution in [2.45, 2.75) is 6.18 Å². The first-order valence-corrected chi connectivity index (χ1v) is 6.32. The van der Waals surface area contributed by atoms with Gasteiger partial charge in [-0.3, -0.25) is 0 Å². The normalized spacial score (nSPS) is 11.9. The van der Waals surface area contributed by atoms with E-state index in [9.17, 15) is 18.0 Å². The Morgan fingerprint density at radius 3 is 2.65 bits per heavy atom. The third-order valence-corrected chi connectivity index (χ3v) is 2.91. The molecular formula is C16H10F3NO3. The van der Waals surface area contributed by atoms with Crippen LogP contribution >= 0.6 is 0 Å². The van der Waals surface area contributed by atoms with Gasteiger partial charge in [0.2, 0.25) is 0 Å². The largest absolute Gasteiger partial charge is 0.465 e. The lowest BCUT2D eigenvalue weighted by Crippen LogP contribution is -2.04. The summed E-state index contributed by atoms with van der Waals surface area (Å²) in [5.41, 5.74) is -0.843. The number of nitriles is 1. The molecule has 4 nitrogen and oxygen atoms in total. The number of esters is 1. The maximum atomic E-state index is 12.7. The van der Waals surface area contributed by atoms with Crippen molar-refractivity contribution in [3.8, 4) is 17.4 Å². The molecule has 0 saturated heterocycles. The molecule has 0 aliphatic carbocycles. The van der Waals surface area contributed by atoms with E-state index in [0.29, 0.717) is 0 Å². The summed E-state index contributed by atoms with van der Waals surface area (Å²) in [6, 6.07) is 9.20. The number of hydrogen-bond donors (Lipinski definition) is 0. The molecule has 23 heavy (non-hydrogen) atoms. The summed E-state index contributed by atoms with van der Waals surface area (Å²) >= 11 is 0. The highest BCUT2D eigenvalue weighted by Crippen LogP contribution is 2.32. The van der Waals surface area contributed by atoms with Gasteiger partial charge in [0.25, 0.3) is 0 Å². The van der Waals surface area contributed by atoms with Gasteiger partial charge in [-0.2, -0.15) is 18.4 Å². The van der Waals surface area contributed by atoms with Gasteiger partial charge < -0.3 is 9.15 Å². The smallest absolute Gasteiger partial charge is 0.416 e. The van der Waals surface area contributed by atoms with E-state index in [1.165, 1.54) is 24.3 Å². The Morgan fingerprint density at radius 1 is 1.30 bits per heavy atom. The first kappa shape index (κ1) is 16.4. The van der Waals surface area contributed by atoms with Crippen LogP contribution in [0.3, 0.4) is 0 Å². The van der Waals surface area contributed by atoms with Crippen LogP contribution in [0.2, 0.25) is 0 Å². The molecule has 0 amide bonds. The summed E-state index contributed by atoms with van der Waals surface area (Å²) in [5.74, 6) is -0.492. The number of hydrogen-bond acceptors (Lipinski definition) is 4. The van der Waals surface area contributed by atoms with Gasteiger partial charge in [0.05, 0.1) is 12.7 Å². The van der Waals surface area contributed by atoms with Crippen LogP contribution in [0.1, 0.15) is 11.3 Å². The van der Waals surface area contributed by atoms with E-state index < -0.39 is 17.7 Å². The van der Waals surface area contributed by atoms with Crippen LogP contribution in [-0.2, 0) is 15.7 Å². The Kier molecular flexibility index (Phi) is 4.55. The Morgan fingerprint density at radius 2 is 2.04 bits per heavy atom. The fraction of sp³-hybridized carbons (Fsp3) is 0.125. The summed E-state index contributed by atoms with van der Waals surface area (Å²) in [6.07, 6.45) is -3.30. The molecule has 0 radical (unpaired) electrons. The van der Waals surface area contributed by atoms with Crippen LogP contribution in [0.5, 0.6) is 0 Å². The lowest BCUT2D eigenvalue weighted by molar-refractivity contribution is -0.137. The SMILES string of the molecule is COC(=O)/C(C#N)=C\c1ccc(-c2cccc(C(F)(F)F)c2)o1. The van der Waals surface area contributed by atoms with E-state index in [1.807, 2.05) is 0 Å². The Bertz CT molecular complexity index is 797. The number of methoxy groups -OCH3 is 1. The Hall–Kier alpha value is -3.01. The molecule has 2 rings (SSSR count). The van der Waals surface area contributed by atoms with Crippen LogP contribution in [0.4, 0.5) is 13.2 Å². The van der Waals surface area contributed by atoms with Gasteiger partial charge in [0, 0.05) is 11.6 Å². The highest BCUT2D eigenvalue weighted by Gasteiger charge is 2.30. The summed E-state index contributed by atoms with van der Waals surface area (Å²) < 4.78 is 47.9. The van der Waals surface area contributed by atoms with Gasteiger partial charge in [-0.1, -0.05) is 12.1 Å². The topological polar surface area (TPSA) is 63.2 Å². The minimum Gasteiger partial charge on any atom is -0.465 e. The number of halogens is 3. The molecule has 2 aromatic rings. The maximum absolute atomic E-state index is 12.7. The zero-order valence-corrected chi connectivity index (χ0v) is 11.8. The maximum Gasteiger partial charge on any atom is 0.416 e. The second-order valence-corrected chi connectivity index (χ2v) is 4.44. The highest BCUT2D eigenvalue weighted by molar-refractivity contribution is 5.97. The van der Waals surface area contributed by atoms with E-state index in [-0.39, 0.29) is 22.7 Å². The van der Waals surface area contributed by atoms with Crippen molar-refractivity contribution < 1.29 is 27.1 Å².